The number of benzene rings is 2. The summed E-state index contributed by atoms with van der Waals surface area (Å²) >= 11 is 6.02. The molecule has 0 fully saturated rings. The number of aromatic amines is 1. The lowest BCUT2D eigenvalue weighted by molar-refractivity contribution is -0.141. The van der Waals surface area contributed by atoms with E-state index in [1.807, 2.05) is 0 Å². The van der Waals surface area contributed by atoms with Crippen LogP contribution in [-0.2, 0) is 12.4 Å². The first-order chi connectivity index (χ1) is 17.9. The van der Waals surface area contributed by atoms with Gasteiger partial charge < -0.3 is 15.6 Å². The molecule has 1 amide bonds. The van der Waals surface area contributed by atoms with Crippen LogP contribution in [0.1, 0.15) is 21.6 Å². The zero-order valence-electron chi connectivity index (χ0n) is 18.8. The minimum absolute atomic E-state index is 0.000642. The van der Waals surface area contributed by atoms with Crippen LogP contribution in [-0.4, -0.2) is 20.9 Å². The predicted molar refractivity (Wildman–Crippen MR) is 131 cm³/mol. The van der Waals surface area contributed by atoms with Gasteiger partial charge in [0.15, 0.2) is 0 Å². The number of hydrogen-bond acceptors (Lipinski definition) is 4. The molecule has 0 radical (unpaired) electrons. The lowest BCUT2D eigenvalue weighted by Crippen LogP contribution is -2.12. The van der Waals surface area contributed by atoms with Gasteiger partial charge in [0.25, 0.3) is 5.91 Å². The Bertz CT molecular complexity index is 1680. The molecule has 194 valence electrons. The first-order valence-electron chi connectivity index (χ1n) is 10.8. The highest BCUT2D eigenvalue weighted by molar-refractivity contribution is 6.31. The Labute approximate surface area is 214 Å². The number of rotatable bonds is 4. The van der Waals surface area contributed by atoms with E-state index in [0.29, 0.717) is 28.0 Å². The van der Waals surface area contributed by atoms with Gasteiger partial charge in [0.05, 0.1) is 22.3 Å². The van der Waals surface area contributed by atoms with Crippen LogP contribution in [0, 0.1) is 0 Å². The highest BCUT2D eigenvalue weighted by Gasteiger charge is 2.34. The van der Waals surface area contributed by atoms with E-state index in [1.165, 1.54) is 48.7 Å². The fraction of sp³-hybridized carbons (Fsp3) is 0.0800. The fourth-order valence-corrected chi connectivity index (χ4v) is 3.96. The third-order valence-electron chi connectivity index (χ3n) is 5.59. The number of halogens is 7. The second kappa shape index (κ2) is 9.21. The van der Waals surface area contributed by atoms with Gasteiger partial charge in [-0.15, -0.1) is 0 Å². The summed E-state index contributed by atoms with van der Waals surface area (Å²) in [5.74, 6) is -0.678. The van der Waals surface area contributed by atoms with Crippen LogP contribution in [0.15, 0.2) is 67.0 Å². The molecule has 0 aliphatic heterocycles. The molecule has 13 heteroatoms. The molecule has 5 aromatic rings. The molecule has 6 nitrogen and oxygen atoms in total. The zero-order valence-corrected chi connectivity index (χ0v) is 19.6. The minimum Gasteiger partial charge on any atom is -0.355 e. The van der Waals surface area contributed by atoms with Gasteiger partial charge in [-0.05, 0) is 54.6 Å². The Morgan fingerprint density at radius 2 is 1.58 bits per heavy atom. The molecule has 0 spiro atoms. The molecular weight excluding hydrogens is 536 g/mol. The van der Waals surface area contributed by atoms with Crippen molar-refractivity contribution in [3.8, 4) is 0 Å². The van der Waals surface area contributed by atoms with E-state index in [2.05, 4.69) is 25.6 Å². The van der Waals surface area contributed by atoms with E-state index in [-0.39, 0.29) is 27.8 Å². The molecule has 2 aromatic carbocycles. The molecule has 0 bridgehead atoms. The van der Waals surface area contributed by atoms with Crippen molar-refractivity contribution in [3.63, 3.8) is 0 Å². The van der Waals surface area contributed by atoms with Crippen LogP contribution in [0.4, 0.5) is 43.4 Å². The number of carbonyl (C=O) groups is 1. The van der Waals surface area contributed by atoms with Gasteiger partial charge in [0.2, 0.25) is 0 Å². The maximum absolute atomic E-state index is 13.4. The summed E-state index contributed by atoms with van der Waals surface area (Å²) in [6, 6.07) is 12.0. The summed E-state index contributed by atoms with van der Waals surface area (Å²) in [5, 5.41) is 6.17. The second-order valence-electron chi connectivity index (χ2n) is 8.19. The largest absolute Gasteiger partial charge is 0.433 e. The summed E-state index contributed by atoms with van der Waals surface area (Å²) in [7, 11) is 0. The first kappa shape index (κ1) is 25.3. The molecule has 3 heterocycles. The molecule has 0 aliphatic rings. The van der Waals surface area contributed by atoms with Gasteiger partial charge in [0, 0.05) is 39.6 Å². The van der Waals surface area contributed by atoms with Gasteiger partial charge in [-0.25, -0.2) is 9.97 Å². The molecule has 0 unspecified atom stereocenters. The molecule has 0 atom stereocenters. The standard InChI is InChI=1S/C25H14ClF6N5O/c26-13-1-6-19-17(8-13)20(9-21(37-19)25(30,31)32)35-14-2-4-15(5-3-14)36-23(38)18-11-34-22-16(18)7-12(10-33-22)24(27,28)29/h1-11H,(H,33,34)(H,35,37)(H,36,38). The Morgan fingerprint density at radius 1 is 0.868 bits per heavy atom. The van der Waals surface area contributed by atoms with Gasteiger partial charge in [-0.3, -0.25) is 4.79 Å². The highest BCUT2D eigenvalue weighted by Crippen LogP contribution is 2.36. The number of pyridine rings is 2. The minimum atomic E-state index is -4.67. The normalized spacial score (nSPS) is 12.2. The van der Waals surface area contributed by atoms with Crippen molar-refractivity contribution in [3.05, 3.63) is 88.8 Å². The number of carbonyl (C=O) groups excluding carboxylic acids is 1. The average Bonchev–Trinajstić information content (AvgIpc) is 3.28. The summed E-state index contributed by atoms with van der Waals surface area (Å²) in [5.41, 5.74) is -1.09. The summed E-state index contributed by atoms with van der Waals surface area (Å²) in [6.07, 6.45) is -7.37. The van der Waals surface area contributed by atoms with E-state index in [4.69, 9.17) is 11.6 Å². The maximum atomic E-state index is 13.4. The van der Waals surface area contributed by atoms with Crippen molar-refractivity contribution in [2.24, 2.45) is 0 Å². The van der Waals surface area contributed by atoms with Gasteiger partial charge in [0.1, 0.15) is 11.3 Å². The Hall–Kier alpha value is -4.32. The smallest absolute Gasteiger partial charge is 0.355 e. The van der Waals surface area contributed by atoms with Gasteiger partial charge >= 0.3 is 12.4 Å². The Kier molecular flexibility index (Phi) is 6.14. The summed E-state index contributed by atoms with van der Waals surface area (Å²) in [4.78, 5) is 22.8. The number of nitrogens with one attached hydrogen (secondary N) is 3. The van der Waals surface area contributed by atoms with Crippen LogP contribution >= 0.6 is 11.6 Å². The number of amides is 1. The van der Waals surface area contributed by atoms with E-state index in [1.54, 1.807) is 0 Å². The molecule has 0 saturated heterocycles. The van der Waals surface area contributed by atoms with Crippen molar-refractivity contribution in [1.29, 1.82) is 0 Å². The van der Waals surface area contributed by atoms with Crippen molar-refractivity contribution in [2.45, 2.75) is 12.4 Å². The topological polar surface area (TPSA) is 82.7 Å². The van der Waals surface area contributed by atoms with Crippen molar-refractivity contribution in [1.82, 2.24) is 15.0 Å². The Balaban J connectivity index is 1.39. The van der Waals surface area contributed by atoms with Crippen LogP contribution in [0.25, 0.3) is 21.9 Å². The van der Waals surface area contributed by atoms with Crippen molar-refractivity contribution in [2.75, 3.05) is 10.6 Å². The van der Waals surface area contributed by atoms with Crippen LogP contribution in [0.5, 0.6) is 0 Å². The van der Waals surface area contributed by atoms with Crippen molar-refractivity contribution >= 4 is 56.5 Å². The van der Waals surface area contributed by atoms with E-state index < -0.39 is 29.5 Å². The number of alkyl halides is 6. The van der Waals surface area contributed by atoms with Crippen LogP contribution in [0.3, 0.4) is 0 Å². The van der Waals surface area contributed by atoms with E-state index >= 15 is 0 Å². The lowest BCUT2D eigenvalue weighted by atomic mass is 10.1. The van der Waals surface area contributed by atoms with Crippen molar-refractivity contribution < 1.29 is 31.1 Å². The first-order valence-corrected chi connectivity index (χ1v) is 11.2. The third-order valence-corrected chi connectivity index (χ3v) is 5.82. The summed E-state index contributed by atoms with van der Waals surface area (Å²) < 4.78 is 79.3. The third kappa shape index (κ3) is 5.07. The second-order valence-corrected chi connectivity index (χ2v) is 8.63. The maximum Gasteiger partial charge on any atom is 0.433 e. The number of fused-ring (bicyclic) bond motifs is 2. The summed E-state index contributed by atoms with van der Waals surface area (Å²) in [6.45, 7) is 0. The quantitative estimate of drug-likeness (QED) is 0.200. The van der Waals surface area contributed by atoms with E-state index in [0.717, 1.165) is 12.1 Å². The van der Waals surface area contributed by atoms with Crippen LogP contribution < -0.4 is 10.6 Å². The number of aromatic nitrogens is 3. The number of hydrogen-bond donors (Lipinski definition) is 3. The van der Waals surface area contributed by atoms with Crippen LogP contribution in [0.2, 0.25) is 5.02 Å². The Morgan fingerprint density at radius 3 is 2.26 bits per heavy atom. The number of H-pyrrole nitrogens is 1. The lowest BCUT2D eigenvalue weighted by Gasteiger charge is -2.14. The molecule has 0 aliphatic carbocycles. The average molecular weight is 550 g/mol. The molecule has 3 N–H and O–H groups in total. The van der Waals surface area contributed by atoms with E-state index in [9.17, 15) is 31.1 Å². The number of anilines is 3. The molecule has 38 heavy (non-hydrogen) atoms. The molecule has 0 saturated carbocycles. The monoisotopic (exact) mass is 549 g/mol. The van der Waals surface area contributed by atoms with Gasteiger partial charge in [-0.2, -0.15) is 26.3 Å². The molecule has 3 aromatic heterocycles. The predicted octanol–water partition coefficient (Wildman–Crippen LogP) is 7.80. The SMILES string of the molecule is O=C(Nc1ccc(Nc2cc(C(F)(F)F)nc3ccc(Cl)cc23)cc1)c1c[nH]c2ncc(C(F)(F)F)cc12. The highest BCUT2D eigenvalue weighted by atomic mass is 35.5. The number of nitrogens with zero attached hydrogens (tertiary/aromatic N) is 2. The fourth-order valence-electron chi connectivity index (χ4n) is 3.78. The zero-order chi connectivity index (χ0) is 27.2. The molecule has 5 rings (SSSR count). The van der Waals surface area contributed by atoms with Gasteiger partial charge in [-0.1, -0.05) is 11.6 Å². The molecular formula is C25H14ClF6N5O.